The molecule has 0 atom stereocenters. The topological polar surface area (TPSA) is 131 Å². The number of carbonyl (C=O) groups is 2. The Kier molecular flexibility index (Phi) is 8.12. The van der Waals surface area contributed by atoms with Gasteiger partial charge in [0.2, 0.25) is 0 Å². The van der Waals surface area contributed by atoms with Crippen LogP contribution in [0.2, 0.25) is 5.02 Å². The summed E-state index contributed by atoms with van der Waals surface area (Å²) < 4.78 is 12.2. The Balaban J connectivity index is 1.48. The van der Waals surface area contributed by atoms with Gasteiger partial charge in [-0.3, -0.25) is 9.59 Å². The van der Waals surface area contributed by atoms with Gasteiger partial charge in [-0.1, -0.05) is 35.1 Å². The lowest BCUT2D eigenvalue weighted by molar-refractivity contribution is 0.0526. The second kappa shape index (κ2) is 11.3. The Labute approximate surface area is 232 Å². The number of aromatic hydroxyl groups is 1. The molecule has 0 unspecified atom stereocenters. The van der Waals surface area contributed by atoms with Crippen LogP contribution < -0.4 is 25.5 Å². The molecular weight excluding hydrogens is 544 g/mol. The molecule has 2 amide bonds. The van der Waals surface area contributed by atoms with Crippen LogP contribution in [-0.4, -0.2) is 52.3 Å². The number of aromatic nitrogens is 2. The van der Waals surface area contributed by atoms with Crippen LogP contribution in [0.15, 0.2) is 47.4 Å². The molecule has 0 aliphatic rings. The maximum Gasteiger partial charge on any atom is 0.407 e. The fourth-order valence-electron chi connectivity index (χ4n) is 3.68. The average molecular weight is 571 g/mol. The summed E-state index contributed by atoms with van der Waals surface area (Å²) in [5, 5.41) is 15.4. The van der Waals surface area contributed by atoms with E-state index in [1.165, 1.54) is 22.8 Å². The van der Waals surface area contributed by atoms with Crippen molar-refractivity contribution in [3.63, 3.8) is 0 Å². The lowest BCUT2D eigenvalue weighted by atomic mass is 10.1. The number of benzene rings is 2. The number of alkyl carbamates (subject to hydrolysis) is 1. The molecule has 0 aliphatic heterocycles. The summed E-state index contributed by atoms with van der Waals surface area (Å²) >= 11 is 7.29. The molecule has 0 fully saturated rings. The Bertz CT molecular complexity index is 1640. The second-order valence-corrected chi connectivity index (χ2v) is 10.9. The van der Waals surface area contributed by atoms with Gasteiger partial charge in [0.05, 0.1) is 28.6 Å². The molecule has 0 aliphatic carbocycles. The zero-order valence-corrected chi connectivity index (χ0v) is 23.3. The number of methoxy groups -OCH3 is 1. The zero-order chi connectivity index (χ0) is 28.3. The molecule has 0 radical (unpaired) electrons. The molecule has 0 spiro atoms. The van der Waals surface area contributed by atoms with E-state index in [0.29, 0.717) is 31.9 Å². The van der Waals surface area contributed by atoms with Crippen LogP contribution in [-0.2, 0) is 4.74 Å². The van der Waals surface area contributed by atoms with Gasteiger partial charge in [0, 0.05) is 24.2 Å². The third-order valence-corrected chi connectivity index (χ3v) is 6.71. The van der Waals surface area contributed by atoms with Crippen molar-refractivity contribution < 1.29 is 24.2 Å². The SMILES string of the molecule is COc1cc(/C=c2\sc3ncc(-c4ccc(C(=O)NCCNC(=O)OC(C)(C)C)cc4)n3c2=O)cc(Cl)c1O. The summed E-state index contributed by atoms with van der Waals surface area (Å²) in [6.07, 6.45) is 2.71. The number of hydrogen-bond acceptors (Lipinski definition) is 8. The number of ether oxygens (including phenoxy) is 2. The van der Waals surface area contributed by atoms with Gasteiger partial charge < -0.3 is 25.2 Å². The van der Waals surface area contributed by atoms with Crippen LogP contribution in [0.25, 0.3) is 22.3 Å². The van der Waals surface area contributed by atoms with Crippen molar-refractivity contribution in [3.05, 3.63) is 73.6 Å². The third-order valence-electron chi connectivity index (χ3n) is 5.43. The van der Waals surface area contributed by atoms with Crippen molar-refractivity contribution in [1.29, 1.82) is 0 Å². The summed E-state index contributed by atoms with van der Waals surface area (Å²) in [6.45, 7) is 5.76. The number of nitrogens with zero attached hydrogens (tertiary/aromatic N) is 2. The van der Waals surface area contributed by atoms with E-state index in [0.717, 1.165) is 0 Å². The summed E-state index contributed by atoms with van der Waals surface area (Å²) in [5.74, 6) is -0.269. The maximum absolute atomic E-state index is 13.2. The summed E-state index contributed by atoms with van der Waals surface area (Å²) in [7, 11) is 1.42. The van der Waals surface area contributed by atoms with Gasteiger partial charge in [-0.05, 0) is 56.7 Å². The molecular formula is C27H27ClN4O6S. The van der Waals surface area contributed by atoms with Gasteiger partial charge in [-0.25, -0.2) is 14.2 Å². The van der Waals surface area contributed by atoms with Gasteiger partial charge in [-0.2, -0.15) is 0 Å². The molecule has 0 saturated heterocycles. The number of thiazole rings is 1. The van der Waals surface area contributed by atoms with Crippen LogP contribution >= 0.6 is 22.9 Å². The number of carbonyl (C=O) groups excluding carboxylic acids is 2. The van der Waals surface area contributed by atoms with Crippen LogP contribution in [0.3, 0.4) is 0 Å². The van der Waals surface area contributed by atoms with Gasteiger partial charge in [0.25, 0.3) is 11.5 Å². The van der Waals surface area contributed by atoms with Gasteiger partial charge in [-0.15, -0.1) is 0 Å². The normalized spacial score (nSPS) is 12.0. The molecule has 4 rings (SSSR count). The Hall–Kier alpha value is -4.09. The first kappa shape index (κ1) is 27.9. The number of fused-ring (bicyclic) bond motifs is 1. The van der Waals surface area contributed by atoms with E-state index in [9.17, 15) is 19.5 Å². The van der Waals surface area contributed by atoms with E-state index in [1.54, 1.807) is 69.4 Å². The zero-order valence-electron chi connectivity index (χ0n) is 21.7. The lowest BCUT2D eigenvalue weighted by Crippen LogP contribution is -2.37. The smallest absolute Gasteiger partial charge is 0.407 e. The van der Waals surface area contributed by atoms with Crippen LogP contribution in [0.4, 0.5) is 4.79 Å². The minimum atomic E-state index is -0.596. The second-order valence-electron chi connectivity index (χ2n) is 9.49. The number of halogens is 1. The number of phenolic OH excluding ortho intramolecular Hbond substituents is 1. The Morgan fingerprint density at radius 1 is 1.15 bits per heavy atom. The minimum Gasteiger partial charge on any atom is -0.503 e. The van der Waals surface area contributed by atoms with Crippen LogP contribution in [0.5, 0.6) is 11.5 Å². The van der Waals surface area contributed by atoms with Crippen molar-refractivity contribution >= 4 is 46.0 Å². The highest BCUT2D eigenvalue weighted by Gasteiger charge is 2.16. The first-order valence-electron chi connectivity index (χ1n) is 11.9. The van der Waals surface area contributed by atoms with Gasteiger partial charge in [0.15, 0.2) is 16.5 Å². The molecule has 10 nitrogen and oxygen atoms in total. The predicted octanol–water partition coefficient (Wildman–Crippen LogP) is 3.59. The molecule has 2 aromatic carbocycles. The first-order chi connectivity index (χ1) is 18.5. The van der Waals surface area contributed by atoms with Crippen molar-refractivity contribution in [1.82, 2.24) is 20.0 Å². The number of hydrogen-bond donors (Lipinski definition) is 3. The summed E-state index contributed by atoms with van der Waals surface area (Å²) in [6, 6.07) is 9.91. The number of phenols is 1. The largest absolute Gasteiger partial charge is 0.503 e. The number of rotatable bonds is 7. The summed E-state index contributed by atoms with van der Waals surface area (Å²) in [4.78, 5) is 42.3. The standard InChI is InChI=1S/C27H27ClN4O6S/c1-27(2,3)38-26(36)30-10-9-29-23(34)17-7-5-16(6-8-17)19-14-31-25-32(19)24(35)21(39-25)13-15-11-18(28)22(33)20(12-15)37-4/h5-8,11-14,33H,9-10H2,1-4H3,(H,29,34)(H,30,36)/b21-13-. The fraction of sp³-hybridized carbons (Fsp3) is 0.259. The predicted molar refractivity (Wildman–Crippen MR) is 150 cm³/mol. The van der Waals surface area contributed by atoms with Gasteiger partial charge >= 0.3 is 6.09 Å². The molecule has 3 N–H and O–H groups in total. The minimum absolute atomic E-state index is 0.110. The van der Waals surface area contributed by atoms with Crippen molar-refractivity contribution in [2.75, 3.05) is 20.2 Å². The molecule has 2 heterocycles. The van der Waals surface area contributed by atoms with Crippen molar-refractivity contribution in [3.8, 4) is 22.8 Å². The molecule has 2 aromatic heterocycles. The van der Waals surface area contributed by atoms with E-state index >= 15 is 0 Å². The van der Waals surface area contributed by atoms with Gasteiger partial charge in [0.1, 0.15) is 5.60 Å². The number of nitrogens with one attached hydrogen (secondary N) is 2. The van der Waals surface area contributed by atoms with Crippen LogP contribution in [0, 0.1) is 0 Å². The summed E-state index contributed by atoms with van der Waals surface area (Å²) in [5.41, 5.74) is 1.46. The quantitative estimate of drug-likeness (QED) is 0.289. The average Bonchev–Trinajstić information content (AvgIpc) is 3.42. The highest BCUT2D eigenvalue weighted by atomic mass is 35.5. The van der Waals surface area contributed by atoms with E-state index in [-0.39, 0.29) is 41.1 Å². The van der Waals surface area contributed by atoms with E-state index in [2.05, 4.69) is 15.6 Å². The monoisotopic (exact) mass is 570 g/mol. The molecule has 0 bridgehead atoms. The van der Waals surface area contributed by atoms with E-state index in [4.69, 9.17) is 21.1 Å². The highest BCUT2D eigenvalue weighted by Crippen LogP contribution is 2.35. The van der Waals surface area contributed by atoms with Crippen molar-refractivity contribution in [2.45, 2.75) is 26.4 Å². The van der Waals surface area contributed by atoms with Crippen LogP contribution in [0.1, 0.15) is 36.7 Å². The first-order valence-corrected chi connectivity index (χ1v) is 13.1. The van der Waals surface area contributed by atoms with E-state index in [1.807, 2.05) is 0 Å². The fourth-order valence-corrected chi connectivity index (χ4v) is 4.85. The lowest BCUT2D eigenvalue weighted by Gasteiger charge is -2.19. The molecule has 4 aromatic rings. The van der Waals surface area contributed by atoms with E-state index < -0.39 is 11.7 Å². The molecule has 12 heteroatoms. The third kappa shape index (κ3) is 6.50. The highest BCUT2D eigenvalue weighted by molar-refractivity contribution is 7.15. The maximum atomic E-state index is 13.2. The Morgan fingerprint density at radius 3 is 2.51 bits per heavy atom. The molecule has 0 saturated carbocycles. The Morgan fingerprint density at radius 2 is 1.85 bits per heavy atom. The number of amides is 2. The molecule has 204 valence electrons. The van der Waals surface area contributed by atoms with Crippen molar-refractivity contribution in [2.24, 2.45) is 0 Å². The number of imidazole rings is 1. The molecule has 39 heavy (non-hydrogen) atoms.